The van der Waals surface area contributed by atoms with Crippen molar-refractivity contribution in [3.8, 4) is 0 Å². The van der Waals surface area contributed by atoms with Gasteiger partial charge in [0.05, 0.1) is 18.6 Å². The minimum absolute atomic E-state index is 0.00121. The number of fused-ring (bicyclic) bond motifs is 3. The number of ketones is 2. The molecule has 1 saturated heterocycles. The molecule has 45 heavy (non-hydrogen) atoms. The molecule has 1 aromatic carbocycles. The standard InChI is InChI=1S/C38H46O7/c1-21(19-39)15-27-32(43)31(33(44)45-27)23-11-14-38-20-37(23,38)13-12-28-35(4)18-26(41)24(16-25(40)22-9-7-6-8-10-22)34(2,3)29(35)17-30(42)36(28,38)5/h6-10,12-13,15-16,23,27-32,39,42-43H,11,14,17-20H2,1-5H3/b21-15+,24-16+/t23-,27-,28+,29-,30-,31+,32-,35+,36-,37+,38+/m0/s1. The normalized spacial score (nSPS) is 47.1. The van der Waals surface area contributed by atoms with Crippen molar-refractivity contribution < 1.29 is 34.4 Å². The number of cyclic esters (lactones) is 1. The number of rotatable bonds is 5. The van der Waals surface area contributed by atoms with Crippen LogP contribution in [0.15, 0.2) is 65.8 Å². The average Bonchev–Trinajstić information content (AvgIpc) is 3.48. The van der Waals surface area contributed by atoms with Gasteiger partial charge in [-0.1, -0.05) is 70.2 Å². The topological polar surface area (TPSA) is 121 Å². The van der Waals surface area contributed by atoms with Gasteiger partial charge in [0.25, 0.3) is 0 Å². The molecular weight excluding hydrogens is 568 g/mol. The summed E-state index contributed by atoms with van der Waals surface area (Å²) < 4.78 is 5.64. The highest BCUT2D eigenvalue weighted by atomic mass is 16.6. The molecule has 3 N–H and O–H groups in total. The Morgan fingerprint density at radius 3 is 2.49 bits per heavy atom. The fourth-order valence-corrected chi connectivity index (χ4v) is 11.8. The van der Waals surface area contributed by atoms with Crippen LogP contribution in [0.25, 0.3) is 0 Å². The van der Waals surface area contributed by atoms with Gasteiger partial charge in [0.1, 0.15) is 12.2 Å². The molecule has 7 heteroatoms. The van der Waals surface area contributed by atoms with E-state index in [0.717, 1.165) is 19.3 Å². The van der Waals surface area contributed by atoms with Crippen LogP contribution >= 0.6 is 0 Å². The zero-order chi connectivity index (χ0) is 32.3. The summed E-state index contributed by atoms with van der Waals surface area (Å²) in [5.74, 6) is -1.43. The fourth-order valence-electron chi connectivity index (χ4n) is 11.8. The third-order valence-electron chi connectivity index (χ3n) is 13.9. The summed E-state index contributed by atoms with van der Waals surface area (Å²) in [6.07, 6.45) is 8.58. The van der Waals surface area contributed by atoms with Crippen LogP contribution in [0.3, 0.4) is 0 Å². The van der Waals surface area contributed by atoms with Crippen molar-refractivity contribution in [2.24, 2.45) is 50.7 Å². The van der Waals surface area contributed by atoms with Gasteiger partial charge >= 0.3 is 5.97 Å². The highest BCUT2D eigenvalue weighted by molar-refractivity contribution is 6.11. The summed E-state index contributed by atoms with van der Waals surface area (Å²) in [5, 5.41) is 33.0. The Morgan fingerprint density at radius 2 is 1.80 bits per heavy atom. The molecule has 1 heterocycles. The number of esters is 1. The largest absolute Gasteiger partial charge is 0.455 e. The quantitative estimate of drug-likeness (QED) is 0.185. The number of hydrogen-bond donors (Lipinski definition) is 3. The van der Waals surface area contributed by atoms with Crippen molar-refractivity contribution in [1.82, 2.24) is 0 Å². The summed E-state index contributed by atoms with van der Waals surface area (Å²) in [7, 11) is 0. The van der Waals surface area contributed by atoms with Gasteiger partial charge in [0.15, 0.2) is 11.6 Å². The van der Waals surface area contributed by atoms with Crippen molar-refractivity contribution in [3.63, 3.8) is 0 Å². The van der Waals surface area contributed by atoms with Crippen molar-refractivity contribution in [2.75, 3.05) is 6.61 Å². The van der Waals surface area contributed by atoms with Crippen molar-refractivity contribution >= 4 is 17.5 Å². The number of hydrogen-bond acceptors (Lipinski definition) is 7. The van der Waals surface area contributed by atoms with Gasteiger partial charge in [-0.05, 0) is 89.7 Å². The molecule has 11 atom stereocenters. The zero-order valence-corrected chi connectivity index (χ0v) is 27.0. The van der Waals surface area contributed by atoms with Gasteiger partial charge in [0, 0.05) is 23.0 Å². The minimum Gasteiger partial charge on any atom is -0.455 e. The fraction of sp³-hybridized carbons (Fsp3) is 0.605. The molecule has 6 aliphatic rings. The van der Waals surface area contributed by atoms with E-state index in [0.29, 0.717) is 29.6 Å². The van der Waals surface area contributed by atoms with Crippen LogP contribution in [0.2, 0.25) is 0 Å². The van der Waals surface area contributed by atoms with E-state index >= 15 is 0 Å². The van der Waals surface area contributed by atoms with Gasteiger partial charge < -0.3 is 20.1 Å². The van der Waals surface area contributed by atoms with Crippen LogP contribution in [-0.2, 0) is 14.3 Å². The lowest BCUT2D eigenvalue weighted by molar-refractivity contribution is -0.191. The summed E-state index contributed by atoms with van der Waals surface area (Å²) in [4.78, 5) is 40.5. The molecule has 0 radical (unpaired) electrons. The van der Waals surface area contributed by atoms with E-state index in [-0.39, 0.29) is 46.8 Å². The number of aliphatic hydroxyl groups is 3. The maximum atomic E-state index is 14.0. The molecule has 0 spiro atoms. The first-order valence-corrected chi connectivity index (χ1v) is 16.6. The third kappa shape index (κ3) is 3.84. The molecule has 7 rings (SSSR count). The molecule has 0 unspecified atom stereocenters. The lowest BCUT2D eigenvalue weighted by Gasteiger charge is -2.66. The van der Waals surface area contributed by atoms with Crippen molar-refractivity contribution in [2.45, 2.75) is 85.0 Å². The van der Waals surface area contributed by atoms with E-state index in [1.165, 1.54) is 6.08 Å². The Balaban J connectivity index is 1.23. The molecule has 4 saturated carbocycles. The summed E-state index contributed by atoms with van der Waals surface area (Å²) in [5.41, 5.74) is -0.378. The first-order valence-electron chi connectivity index (χ1n) is 16.6. The van der Waals surface area contributed by atoms with E-state index in [1.807, 2.05) is 18.2 Å². The van der Waals surface area contributed by atoms with Gasteiger partial charge in [-0.25, -0.2) is 0 Å². The van der Waals surface area contributed by atoms with Crippen LogP contribution < -0.4 is 0 Å². The highest BCUT2D eigenvalue weighted by Crippen LogP contribution is 2.89. The van der Waals surface area contributed by atoms with Gasteiger partial charge in [-0.15, -0.1) is 0 Å². The number of allylic oxidation sites excluding steroid dienone is 4. The zero-order valence-electron chi connectivity index (χ0n) is 27.0. The van der Waals surface area contributed by atoms with Crippen molar-refractivity contribution in [3.05, 3.63) is 71.3 Å². The second kappa shape index (κ2) is 9.82. The number of benzene rings is 1. The molecule has 240 valence electrons. The predicted octanol–water partition coefficient (Wildman–Crippen LogP) is 5.00. The van der Waals surface area contributed by atoms with Crippen LogP contribution in [0.1, 0.15) is 77.1 Å². The predicted molar refractivity (Wildman–Crippen MR) is 168 cm³/mol. The minimum atomic E-state index is -0.993. The Bertz CT molecular complexity index is 1550. The van der Waals surface area contributed by atoms with Crippen LogP contribution in [-0.4, -0.2) is 57.8 Å². The summed E-state index contributed by atoms with van der Waals surface area (Å²) in [6, 6.07) is 9.03. The summed E-state index contributed by atoms with van der Waals surface area (Å²) >= 11 is 0. The van der Waals surface area contributed by atoms with E-state index in [4.69, 9.17) is 4.74 Å². The van der Waals surface area contributed by atoms with E-state index < -0.39 is 46.4 Å². The molecule has 5 aliphatic carbocycles. The number of Topliss-reactive ketones (excluding diaryl/α,β-unsaturated/α-hetero) is 1. The molecule has 0 bridgehead atoms. The van der Waals surface area contributed by atoms with Gasteiger partial charge in [-0.3, -0.25) is 14.4 Å². The second-order valence-corrected chi connectivity index (χ2v) is 16.1. The smallest absolute Gasteiger partial charge is 0.312 e. The molecule has 5 fully saturated rings. The van der Waals surface area contributed by atoms with Crippen LogP contribution in [0.4, 0.5) is 0 Å². The molecule has 7 nitrogen and oxygen atoms in total. The third-order valence-corrected chi connectivity index (χ3v) is 13.9. The Morgan fingerprint density at radius 1 is 1.09 bits per heavy atom. The lowest BCUT2D eigenvalue weighted by atomic mass is 9.38. The Labute approximate surface area is 265 Å². The molecular formula is C38H46O7. The maximum absolute atomic E-state index is 14.0. The highest BCUT2D eigenvalue weighted by Gasteiger charge is 2.85. The molecule has 1 aliphatic heterocycles. The van der Waals surface area contributed by atoms with Crippen molar-refractivity contribution in [1.29, 1.82) is 0 Å². The van der Waals surface area contributed by atoms with E-state index in [1.54, 1.807) is 25.1 Å². The SMILES string of the molecule is C/C(=C\[C@@H]1OC(=O)[C@H]([C@@H]2CC[C@]34C[C@]23C=C[C@@H]2[C@@]3(C)CC(=O)/C(=C\C(=O)c5ccccc5)C(C)(C)[C@@H]3C[C@H](O)[C@]24C)[C@H]1O)CO. The lowest BCUT2D eigenvalue weighted by Crippen LogP contribution is -2.65. The molecule has 0 aromatic heterocycles. The number of carbonyl (C=O) groups excluding carboxylic acids is 3. The Kier molecular flexibility index (Phi) is 6.71. The average molecular weight is 615 g/mol. The van der Waals surface area contributed by atoms with E-state index in [9.17, 15) is 29.7 Å². The molecule has 0 amide bonds. The number of aliphatic hydroxyl groups excluding tert-OH is 3. The first-order chi connectivity index (χ1) is 21.2. The second-order valence-electron chi connectivity index (χ2n) is 16.1. The Hall–Kier alpha value is -2.87. The molecule has 1 aromatic rings. The maximum Gasteiger partial charge on any atom is 0.312 e. The van der Waals surface area contributed by atoms with Crippen LogP contribution in [0, 0.1) is 50.7 Å². The number of carbonyl (C=O) groups is 3. The van der Waals surface area contributed by atoms with Crippen LogP contribution in [0.5, 0.6) is 0 Å². The number of ether oxygens (including phenoxy) is 1. The van der Waals surface area contributed by atoms with Gasteiger partial charge in [-0.2, -0.15) is 0 Å². The van der Waals surface area contributed by atoms with Gasteiger partial charge in [0.2, 0.25) is 0 Å². The van der Waals surface area contributed by atoms with E-state index in [2.05, 4.69) is 39.8 Å². The first kappa shape index (κ1) is 30.8. The monoisotopic (exact) mass is 614 g/mol. The summed E-state index contributed by atoms with van der Waals surface area (Å²) in [6.45, 7) is 10.1.